The van der Waals surface area contributed by atoms with E-state index in [1.165, 1.54) is 19.2 Å². The highest BCUT2D eigenvalue weighted by Gasteiger charge is 2.15. The van der Waals surface area contributed by atoms with Crippen LogP contribution in [0.4, 0.5) is 5.69 Å². The molecule has 0 heterocycles. The van der Waals surface area contributed by atoms with Gasteiger partial charge >= 0.3 is 5.97 Å². The number of aromatic carboxylic acids is 1. The van der Waals surface area contributed by atoms with Crippen LogP contribution >= 0.6 is 23.8 Å². The fourth-order valence-corrected chi connectivity index (χ4v) is 2.30. The molecular weight excluding hydrogens is 340 g/mol. The number of carboxylic acid groups (broad SMARTS) is 1. The fraction of sp³-hybridized carbons (Fsp3) is 0.400. The third kappa shape index (κ3) is 6.03. The molecule has 3 N–H and O–H groups in total. The molecular formula is C15H19ClN2O4S. The summed E-state index contributed by atoms with van der Waals surface area (Å²) < 4.78 is 5.14. The van der Waals surface area contributed by atoms with E-state index in [0.717, 1.165) is 6.42 Å². The van der Waals surface area contributed by atoms with Crippen LogP contribution in [-0.4, -0.2) is 29.2 Å². The summed E-state index contributed by atoms with van der Waals surface area (Å²) in [5.74, 6) is -0.691. The third-order valence-electron chi connectivity index (χ3n) is 2.94. The van der Waals surface area contributed by atoms with E-state index in [0.29, 0.717) is 12.3 Å². The Morgan fingerprint density at radius 1 is 1.39 bits per heavy atom. The van der Waals surface area contributed by atoms with Crippen LogP contribution in [0, 0.1) is 5.92 Å². The maximum atomic E-state index is 11.8. The molecule has 0 aromatic heterocycles. The number of rotatable bonds is 6. The van der Waals surface area contributed by atoms with Crippen molar-refractivity contribution in [2.75, 3.05) is 12.4 Å². The van der Waals surface area contributed by atoms with Crippen LogP contribution in [0.3, 0.4) is 0 Å². The number of hydrogen-bond donors (Lipinski definition) is 3. The van der Waals surface area contributed by atoms with Crippen LogP contribution < -0.4 is 15.4 Å². The van der Waals surface area contributed by atoms with E-state index in [2.05, 4.69) is 10.6 Å². The number of methoxy groups -OCH3 is 1. The highest BCUT2D eigenvalue weighted by molar-refractivity contribution is 7.80. The van der Waals surface area contributed by atoms with Crippen molar-refractivity contribution < 1.29 is 19.4 Å². The second-order valence-corrected chi connectivity index (χ2v) is 6.09. The molecule has 0 atom stereocenters. The van der Waals surface area contributed by atoms with Gasteiger partial charge in [0.2, 0.25) is 5.91 Å². The van der Waals surface area contributed by atoms with E-state index in [-0.39, 0.29) is 33.0 Å². The number of hydrogen-bond acceptors (Lipinski definition) is 4. The zero-order chi connectivity index (χ0) is 17.6. The van der Waals surface area contributed by atoms with E-state index in [1.54, 1.807) is 0 Å². The van der Waals surface area contributed by atoms with Gasteiger partial charge in [-0.05, 0) is 36.7 Å². The number of carbonyl (C=O) groups is 2. The van der Waals surface area contributed by atoms with E-state index < -0.39 is 5.97 Å². The van der Waals surface area contributed by atoms with Crippen LogP contribution in [-0.2, 0) is 4.79 Å². The van der Waals surface area contributed by atoms with Crippen molar-refractivity contribution in [1.82, 2.24) is 5.32 Å². The average molecular weight is 359 g/mol. The van der Waals surface area contributed by atoms with Crippen molar-refractivity contribution in [3.05, 3.63) is 22.7 Å². The van der Waals surface area contributed by atoms with Crippen molar-refractivity contribution in [1.29, 1.82) is 0 Å². The number of benzene rings is 1. The first-order chi connectivity index (χ1) is 10.7. The van der Waals surface area contributed by atoms with Crippen molar-refractivity contribution >= 4 is 46.5 Å². The monoisotopic (exact) mass is 358 g/mol. The largest absolute Gasteiger partial charge is 0.493 e. The maximum absolute atomic E-state index is 11.8. The lowest BCUT2D eigenvalue weighted by atomic mass is 10.1. The molecule has 0 unspecified atom stereocenters. The van der Waals surface area contributed by atoms with Gasteiger partial charge in [0.15, 0.2) is 10.9 Å². The lowest BCUT2D eigenvalue weighted by molar-refractivity contribution is -0.119. The molecule has 1 aromatic carbocycles. The molecule has 1 amide bonds. The maximum Gasteiger partial charge on any atom is 0.335 e. The van der Waals surface area contributed by atoms with Crippen molar-refractivity contribution in [3.8, 4) is 5.75 Å². The highest BCUT2D eigenvalue weighted by Crippen LogP contribution is 2.34. The topological polar surface area (TPSA) is 87.7 Å². The molecule has 1 rings (SSSR count). The van der Waals surface area contributed by atoms with Crippen molar-refractivity contribution in [2.24, 2.45) is 5.92 Å². The van der Waals surface area contributed by atoms with E-state index in [1.807, 2.05) is 13.8 Å². The molecule has 0 aliphatic rings. The first-order valence-corrected chi connectivity index (χ1v) is 7.74. The van der Waals surface area contributed by atoms with Gasteiger partial charge in [-0.3, -0.25) is 4.79 Å². The van der Waals surface area contributed by atoms with Gasteiger partial charge < -0.3 is 20.5 Å². The van der Waals surface area contributed by atoms with Crippen LogP contribution in [0.15, 0.2) is 12.1 Å². The number of halogens is 1. The summed E-state index contributed by atoms with van der Waals surface area (Å²) in [6, 6.07) is 2.61. The van der Waals surface area contributed by atoms with Gasteiger partial charge in [-0.2, -0.15) is 0 Å². The van der Waals surface area contributed by atoms with Gasteiger partial charge in [0.1, 0.15) is 0 Å². The average Bonchev–Trinajstić information content (AvgIpc) is 2.44. The molecule has 0 aliphatic carbocycles. The molecule has 0 fully saturated rings. The standard InChI is InChI=1S/C15H19ClN2O4S/c1-8(2)4-5-12(19)18-15(23)17-11-7-9(14(20)21)6-10(16)13(11)22-3/h6-8H,4-5H2,1-3H3,(H,20,21)(H2,17,18,19,23). The van der Waals surface area contributed by atoms with Gasteiger partial charge in [0, 0.05) is 6.42 Å². The minimum atomic E-state index is -1.13. The molecule has 8 heteroatoms. The molecule has 23 heavy (non-hydrogen) atoms. The Morgan fingerprint density at radius 3 is 2.57 bits per heavy atom. The Morgan fingerprint density at radius 2 is 2.04 bits per heavy atom. The SMILES string of the molecule is COc1c(Cl)cc(C(=O)O)cc1NC(=S)NC(=O)CCC(C)C. The van der Waals surface area contributed by atoms with E-state index in [9.17, 15) is 9.59 Å². The lowest BCUT2D eigenvalue weighted by Gasteiger charge is -2.15. The van der Waals surface area contributed by atoms with E-state index in [4.69, 9.17) is 33.7 Å². The number of ether oxygens (including phenoxy) is 1. The summed E-state index contributed by atoms with van der Waals surface area (Å²) in [7, 11) is 1.40. The Balaban J connectivity index is 2.84. The molecule has 0 spiro atoms. The third-order valence-corrected chi connectivity index (χ3v) is 3.43. The van der Waals surface area contributed by atoms with Crippen molar-refractivity contribution in [3.63, 3.8) is 0 Å². The Bertz CT molecular complexity index is 620. The number of carboxylic acids is 1. The molecule has 6 nitrogen and oxygen atoms in total. The zero-order valence-corrected chi connectivity index (χ0v) is 14.7. The Labute approximate surface area is 145 Å². The van der Waals surface area contributed by atoms with Gasteiger partial charge in [-0.25, -0.2) is 4.79 Å². The van der Waals surface area contributed by atoms with Crippen LogP contribution in [0.25, 0.3) is 0 Å². The first-order valence-electron chi connectivity index (χ1n) is 6.96. The molecule has 126 valence electrons. The summed E-state index contributed by atoms with van der Waals surface area (Å²) >= 11 is 11.1. The van der Waals surface area contributed by atoms with Crippen LogP contribution in [0.5, 0.6) is 5.75 Å². The van der Waals surface area contributed by atoms with Crippen LogP contribution in [0.1, 0.15) is 37.0 Å². The van der Waals surface area contributed by atoms with Crippen LogP contribution in [0.2, 0.25) is 5.02 Å². The summed E-state index contributed by atoms with van der Waals surface area (Å²) in [6.07, 6.45) is 1.10. The number of amides is 1. The quantitative estimate of drug-likeness (QED) is 0.676. The van der Waals surface area contributed by atoms with Gasteiger partial charge in [-0.15, -0.1) is 0 Å². The molecule has 0 radical (unpaired) electrons. The fourth-order valence-electron chi connectivity index (χ4n) is 1.78. The predicted molar refractivity (Wildman–Crippen MR) is 93.4 cm³/mol. The Hall–Kier alpha value is -1.86. The lowest BCUT2D eigenvalue weighted by Crippen LogP contribution is -2.34. The van der Waals surface area contributed by atoms with Gasteiger partial charge in [0.05, 0.1) is 23.4 Å². The summed E-state index contributed by atoms with van der Waals surface area (Å²) in [5.41, 5.74) is 0.249. The molecule has 0 aliphatic heterocycles. The number of carbonyl (C=O) groups excluding carboxylic acids is 1. The Kier molecular flexibility index (Phi) is 7.25. The van der Waals surface area contributed by atoms with Crippen molar-refractivity contribution in [2.45, 2.75) is 26.7 Å². The minimum absolute atomic E-state index is 0.0211. The smallest absolute Gasteiger partial charge is 0.335 e. The molecule has 1 aromatic rings. The number of anilines is 1. The number of nitrogens with one attached hydrogen (secondary N) is 2. The summed E-state index contributed by atoms with van der Waals surface area (Å²) in [6.45, 7) is 4.04. The highest BCUT2D eigenvalue weighted by atomic mass is 35.5. The van der Waals surface area contributed by atoms with Gasteiger partial charge in [0.25, 0.3) is 0 Å². The zero-order valence-electron chi connectivity index (χ0n) is 13.1. The number of thiocarbonyl (C=S) groups is 1. The predicted octanol–water partition coefficient (Wildman–Crippen LogP) is 3.30. The molecule has 0 saturated heterocycles. The van der Waals surface area contributed by atoms with E-state index >= 15 is 0 Å². The second-order valence-electron chi connectivity index (χ2n) is 5.28. The summed E-state index contributed by atoms with van der Waals surface area (Å²) in [4.78, 5) is 22.8. The first kappa shape index (κ1) is 19.2. The van der Waals surface area contributed by atoms with Gasteiger partial charge in [-0.1, -0.05) is 25.4 Å². The minimum Gasteiger partial charge on any atom is -0.493 e. The summed E-state index contributed by atoms with van der Waals surface area (Å²) in [5, 5.41) is 14.5. The second kappa shape index (κ2) is 8.69. The molecule has 0 bridgehead atoms. The molecule has 0 saturated carbocycles. The normalized spacial score (nSPS) is 10.3.